The highest BCUT2D eigenvalue weighted by molar-refractivity contribution is 6.05. The summed E-state index contributed by atoms with van der Waals surface area (Å²) >= 11 is 0. The second-order valence-corrected chi connectivity index (χ2v) is 6.00. The maximum Gasteiger partial charge on any atom is 0.255 e. The molecule has 134 valence electrons. The highest BCUT2D eigenvalue weighted by atomic mass is 16.5. The van der Waals surface area contributed by atoms with Gasteiger partial charge in [0, 0.05) is 11.8 Å². The van der Waals surface area contributed by atoms with Crippen molar-refractivity contribution >= 4 is 22.6 Å². The van der Waals surface area contributed by atoms with E-state index < -0.39 is 0 Å². The van der Waals surface area contributed by atoms with Crippen molar-refractivity contribution < 1.29 is 9.53 Å². The van der Waals surface area contributed by atoms with Gasteiger partial charge in [-0.3, -0.25) is 9.78 Å². The predicted molar refractivity (Wildman–Crippen MR) is 102 cm³/mol. The van der Waals surface area contributed by atoms with Gasteiger partial charge in [0.25, 0.3) is 5.91 Å². The summed E-state index contributed by atoms with van der Waals surface area (Å²) in [5.41, 5.74) is 3.73. The minimum Gasteiger partial charge on any atom is -0.497 e. The third kappa shape index (κ3) is 3.62. The van der Waals surface area contributed by atoms with E-state index in [1.54, 1.807) is 48.5 Å². The van der Waals surface area contributed by atoms with Crippen LogP contribution < -0.4 is 10.1 Å². The Balaban J connectivity index is 1.57. The second-order valence-electron chi connectivity index (χ2n) is 6.00. The Morgan fingerprint density at radius 1 is 1.15 bits per heavy atom. The first-order valence-electron chi connectivity index (χ1n) is 8.40. The van der Waals surface area contributed by atoms with Crippen LogP contribution in [0.25, 0.3) is 11.0 Å². The topological polar surface area (TPSA) is 81.9 Å². The molecule has 1 N–H and O–H groups in total. The van der Waals surface area contributed by atoms with Crippen molar-refractivity contribution in [1.29, 1.82) is 0 Å². The van der Waals surface area contributed by atoms with Gasteiger partial charge < -0.3 is 10.1 Å². The number of amides is 1. The van der Waals surface area contributed by atoms with Crippen molar-refractivity contribution in [3.63, 3.8) is 0 Å². The molecule has 0 radical (unpaired) electrons. The van der Waals surface area contributed by atoms with Crippen molar-refractivity contribution in [2.45, 2.75) is 6.54 Å². The first kappa shape index (κ1) is 16.7. The molecular weight excluding hydrogens is 342 g/mol. The SMILES string of the molecule is COc1cccc(Cn2nnc3cc(C(=O)Nc4cccnc4)ccc32)c1. The minimum absolute atomic E-state index is 0.216. The Morgan fingerprint density at radius 3 is 2.89 bits per heavy atom. The lowest BCUT2D eigenvalue weighted by Crippen LogP contribution is -2.11. The van der Waals surface area contributed by atoms with Crippen LogP contribution in [-0.2, 0) is 6.54 Å². The fourth-order valence-electron chi connectivity index (χ4n) is 2.81. The van der Waals surface area contributed by atoms with E-state index in [2.05, 4.69) is 20.6 Å². The van der Waals surface area contributed by atoms with Gasteiger partial charge in [-0.1, -0.05) is 17.3 Å². The Kier molecular flexibility index (Phi) is 4.49. The lowest BCUT2D eigenvalue weighted by atomic mass is 10.1. The van der Waals surface area contributed by atoms with E-state index in [0.717, 1.165) is 16.8 Å². The standard InChI is InChI=1S/C20H17N5O2/c1-27-17-6-2-4-14(10-17)13-25-19-8-7-15(11-18(19)23-24-25)20(26)22-16-5-3-9-21-12-16/h2-12H,13H2,1H3,(H,22,26). The number of carbonyl (C=O) groups excluding carboxylic acids is 1. The van der Waals surface area contributed by atoms with Gasteiger partial charge in [0.15, 0.2) is 0 Å². The van der Waals surface area contributed by atoms with Gasteiger partial charge in [-0.05, 0) is 48.0 Å². The highest BCUT2D eigenvalue weighted by Crippen LogP contribution is 2.18. The largest absolute Gasteiger partial charge is 0.497 e. The van der Waals surface area contributed by atoms with E-state index in [1.165, 1.54) is 0 Å². The van der Waals surface area contributed by atoms with Crippen LogP contribution in [0.4, 0.5) is 5.69 Å². The van der Waals surface area contributed by atoms with E-state index in [1.807, 2.05) is 30.3 Å². The molecule has 27 heavy (non-hydrogen) atoms. The Morgan fingerprint density at radius 2 is 2.07 bits per heavy atom. The van der Waals surface area contributed by atoms with Gasteiger partial charge in [0.1, 0.15) is 11.3 Å². The number of hydrogen-bond donors (Lipinski definition) is 1. The molecule has 0 saturated carbocycles. The van der Waals surface area contributed by atoms with Crippen LogP contribution in [-0.4, -0.2) is 33.0 Å². The number of nitrogens with zero attached hydrogens (tertiary/aromatic N) is 4. The van der Waals surface area contributed by atoms with Crippen molar-refractivity contribution in [1.82, 2.24) is 20.0 Å². The summed E-state index contributed by atoms with van der Waals surface area (Å²) in [6.07, 6.45) is 3.25. The molecule has 0 aliphatic rings. The molecule has 4 aromatic rings. The van der Waals surface area contributed by atoms with Crippen LogP contribution >= 0.6 is 0 Å². The molecule has 0 aliphatic heterocycles. The number of methoxy groups -OCH3 is 1. The molecule has 4 rings (SSSR count). The van der Waals surface area contributed by atoms with Crippen LogP contribution in [0.3, 0.4) is 0 Å². The molecular formula is C20H17N5O2. The van der Waals surface area contributed by atoms with Crippen LogP contribution in [0.5, 0.6) is 5.75 Å². The number of rotatable bonds is 5. The van der Waals surface area contributed by atoms with Gasteiger partial charge in [-0.25, -0.2) is 4.68 Å². The molecule has 0 atom stereocenters. The quantitative estimate of drug-likeness (QED) is 0.592. The summed E-state index contributed by atoms with van der Waals surface area (Å²) in [4.78, 5) is 16.4. The third-order valence-corrected chi connectivity index (χ3v) is 4.16. The first-order chi connectivity index (χ1) is 13.2. The van der Waals surface area contributed by atoms with E-state index in [0.29, 0.717) is 23.3 Å². The van der Waals surface area contributed by atoms with Gasteiger partial charge in [-0.15, -0.1) is 5.10 Å². The van der Waals surface area contributed by atoms with Crippen molar-refractivity contribution in [2.24, 2.45) is 0 Å². The third-order valence-electron chi connectivity index (χ3n) is 4.16. The maximum atomic E-state index is 12.4. The fraction of sp³-hybridized carbons (Fsp3) is 0.100. The van der Waals surface area contributed by atoms with Crippen molar-refractivity contribution in [3.05, 3.63) is 78.1 Å². The number of carbonyl (C=O) groups is 1. The van der Waals surface area contributed by atoms with Gasteiger partial charge >= 0.3 is 0 Å². The number of anilines is 1. The second kappa shape index (κ2) is 7.25. The van der Waals surface area contributed by atoms with E-state index in [-0.39, 0.29) is 5.91 Å². The molecule has 0 aliphatic carbocycles. The van der Waals surface area contributed by atoms with E-state index in [9.17, 15) is 4.79 Å². The zero-order chi connectivity index (χ0) is 18.6. The van der Waals surface area contributed by atoms with Gasteiger partial charge in [-0.2, -0.15) is 0 Å². The molecule has 7 heteroatoms. The van der Waals surface area contributed by atoms with Crippen molar-refractivity contribution in [3.8, 4) is 5.75 Å². The Hall–Kier alpha value is -3.74. The molecule has 1 amide bonds. The first-order valence-corrected chi connectivity index (χ1v) is 8.40. The Bertz CT molecular complexity index is 1090. The smallest absolute Gasteiger partial charge is 0.255 e. The molecule has 2 aromatic heterocycles. The van der Waals surface area contributed by atoms with Gasteiger partial charge in [0.2, 0.25) is 0 Å². The number of benzene rings is 2. The molecule has 0 spiro atoms. The average molecular weight is 359 g/mol. The summed E-state index contributed by atoms with van der Waals surface area (Å²) in [6, 6.07) is 16.7. The summed E-state index contributed by atoms with van der Waals surface area (Å²) < 4.78 is 7.06. The van der Waals surface area contributed by atoms with Gasteiger partial charge in [0.05, 0.1) is 31.1 Å². The molecule has 0 fully saturated rings. The molecule has 2 heterocycles. The number of fused-ring (bicyclic) bond motifs is 1. The molecule has 0 unspecified atom stereocenters. The zero-order valence-corrected chi connectivity index (χ0v) is 14.7. The number of hydrogen-bond acceptors (Lipinski definition) is 5. The number of aromatic nitrogens is 4. The minimum atomic E-state index is -0.216. The summed E-state index contributed by atoms with van der Waals surface area (Å²) in [5, 5.41) is 11.2. The fourth-order valence-corrected chi connectivity index (χ4v) is 2.81. The van der Waals surface area contributed by atoms with Crippen LogP contribution in [0.15, 0.2) is 67.0 Å². The zero-order valence-electron chi connectivity index (χ0n) is 14.7. The lowest BCUT2D eigenvalue weighted by Gasteiger charge is -2.06. The molecule has 0 bridgehead atoms. The summed E-state index contributed by atoms with van der Waals surface area (Å²) in [6.45, 7) is 0.564. The predicted octanol–water partition coefficient (Wildman–Crippen LogP) is 3.14. The van der Waals surface area contributed by atoms with Crippen molar-refractivity contribution in [2.75, 3.05) is 12.4 Å². The summed E-state index contributed by atoms with van der Waals surface area (Å²) in [7, 11) is 1.64. The highest BCUT2D eigenvalue weighted by Gasteiger charge is 2.11. The maximum absolute atomic E-state index is 12.4. The number of nitrogens with one attached hydrogen (secondary N) is 1. The molecule has 7 nitrogen and oxygen atoms in total. The molecule has 0 saturated heterocycles. The van der Waals surface area contributed by atoms with E-state index >= 15 is 0 Å². The average Bonchev–Trinajstić information content (AvgIpc) is 3.11. The monoisotopic (exact) mass is 359 g/mol. The van der Waals surface area contributed by atoms with Crippen LogP contribution in [0.2, 0.25) is 0 Å². The molecule has 2 aromatic carbocycles. The lowest BCUT2D eigenvalue weighted by molar-refractivity contribution is 0.102. The Labute approximate surface area is 155 Å². The normalized spacial score (nSPS) is 10.7. The number of pyridine rings is 1. The summed E-state index contributed by atoms with van der Waals surface area (Å²) in [5.74, 6) is 0.582. The van der Waals surface area contributed by atoms with Crippen LogP contribution in [0.1, 0.15) is 15.9 Å². The number of ether oxygens (including phenoxy) is 1. The van der Waals surface area contributed by atoms with Crippen LogP contribution in [0, 0.1) is 0 Å². The van der Waals surface area contributed by atoms with E-state index in [4.69, 9.17) is 4.74 Å².